The molecule has 0 aliphatic carbocycles. The molecule has 0 bridgehead atoms. The van der Waals surface area contributed by atoms with Gasteiger partial charge in [-0.25, -0.2) is 0 Å². The van der Waals surface area contributed by atoms with E-state index in [0.717, 1.165) is 19.5 Å². The maximum absolute atomic E-state index is 11.6. The number of hydrogen-bond acceptors (Lipinski definition) is 3. The van der Waals surface area contributed by atoms with Crippen LogP contribution in [0.1, 0.15) is 6.42 Å². The van der Waals surface area contributed by atoms with Crippen molar-refractivity contribution in [2.24, 2.45) is 0 Å². The molecule has 0 saturated carbocycles. The molecule has 0 N–H and O–H groups in total. The Morgan fingerprint density at radius 1 is 1.64 bits per heavy atom. The first-order valence-corrected chi connectivity index (χ1v) is 6.26. The van der Waals surface area contributed by atoms with E-state index >= 15 is 0 Å². The van der Waals surface area contributed by atoms with Crippen molar-refractivity contribution in [1.29, 1.82) is 0 Å². The van der Waals surface area contributed by atoms with Gasteiger partial charge in [0.2, 0.25) is 5.91 Å². The molecule has 1 rings (SSSR count). The zero-order chi connectivity index (χ0) is 10.6. The molecule has 0 unspecified atom stereocenters. The Morgan fingerprint density at radius 2 is 2.36 bits per heavy atom. The van der Waals surface area contributed by atoms with Crippen LogP contribution in [0.3, 0.4) is 0 Å². The highest BCUT2D eigenvalue weighted by molar-refractivity contribution is 14.1. The fourth-order valence-corrected chi connectivity index (χ4v) is 2.06. The van der Waals surface area contributed by atoms with Crippen LogP contribution in [-0.2, 0) is 9.53 Å². The molecule has 1 fully saturated rings. The van der Waals surface area contributed by atoms with Gasteiger partial charge in [-0.15, -0.1) is 0 Å². The Hall–Kier alpha value is 0.120. The third kappa shape index (κ3) is 3.70. The van der Waals surface area contributed by atoms with Crippen molar-refractivity contribution in [3.8, 4) is 0 Å². The summed E-state index contributed by atoms with van der Waals surface area (Å²) in [6.45, 7) is 2.10. The summed E-state index contributed by atoms with van der Waals surface area (Å²) in [5.41, 5.74) is 0. The standard InChI is InChI=1S/C9H17IN2O2/c1-11(2)6-9(13)12-4-3-8(5-12)14-7-10/h8H,3-7H2,1-2H3/t8-/m0/s1. The third-order valence-electron chi connectivity index (χ3n) is 2.25. The SMILES string of the molecule is CN(C)CC(=O)N1CC[C@H](OCI)C1. The van der Waals surface area contributed by atoms with E-state index in [-0.39, 0.29) is 12.0 Å². The van der Waals surface area contributed by atoms with Crippen molar-refractivity contribution in [3.05, 3.63) is 0 Å². The van der Waals surface area contributed by atoms with Gasteiger partial charge >= 0.3 is 0 Å². The Bertz CT molecular complexity index is 199. The summed E-state index contributed by atoms with van der Waals surface area (Å²) in [5, 5.41) is 0. The summed E-state index contributed by atoms with van der Waals surface area (Å²) in [6, 6.07) is 0. The van der Waals surface area contributed by atoms with Crippen molar-refractivity contribution < 1.29 is 9.53 Å². The average Bonchev–Trinajstić information content (AvgIpc) is 2.52. The minimum Gasteiger partial charge on any atom is -0.366 e. The Morgan fingerprint density at radius 3 is 2.93 bits per heavy atom. The molecule has 4 nitrogen and oxygen atoms in total. The van der Waals surface area contributed by atoms with Gasteiger partial charge in [0, 0.05) is 13.1 Å². The molecule has 1 amide bonds. The Labute approximate surface area is 98.7 Å². The second kappa shape index (κ2) is 5.87. The molecule has 1 saturated heterocycles. The van der Waals surface area contributed by atoms with E-state index in [1.165, 1.54) is 0 Å². The third-order valence-corrected chi connectivity index (χ3v) is 2.61. The van der Waals surface area contributed by atoms with Crippen molar-refractivity contribution in [3.63, 3.8) is 0 Å². The van der Waals surface area contributed by atoms with Crippen molar-refractivity contribution in [1.82, 2.24) is 9.80 Å². The minimum atomic E-state index is 0.203. The first-order valence-electron chi connectivity index (χ1n) is 4.73. The maximum Gasteiger partial charge on any atom is 0.236 e. The van der Waals surface area contributed by atoms with Gasteiger partial charge < -0.3 is 14.5 Å². The second-order valence-electron chi connectivity index (χ2n) is 3.76. The van der Waals surface area contributed by atoms with Gasteiger partial charge in [-0.1, -0.05) is 22.6 Å². The van der Waals surface area contributed by atoms with Crippen LogP contribution in [0.2, 0.25) is 0 Å². The second-order valence-corrected chi connectivity index (χ2v) is 4.39. The number of nitrogens with zero attached hydrogens (tertiary/aromatic N) is 2. The number of amides is 1. The summed E-state index contributed by atoms with van der Waals surface area (Å²) in [4.78, 5) is 15.4. The summed E-state index contributed by atoms with van der Waals surface area (Å²) >= 11 is 2.19. The monoisotopic (exact) mass is 312 g/mol. The fourth-order valence-electron chi connectivity index (χ4n) is 1.55. The van der Waals surface area contributed by atoms with Gasteiger partial charge in [0.1, 0.15) is 0 Å². The Kier molecular flexibility index (Phi) is 5.11. The normalized spacial score (nSPS) is 22.0. The van der Waals surface area contributed by atoms with Crippen LogP contribution in [0.25, 0.3) is 0 Å². The van der Waals surface area contributed by atoms with E-state index in [2.05, 4.69) is 22.6 Å². The fraction of sp³-hybridized carbons (Fsp3) is 0.889. The number of alkyl halides is 1. The predicted octanol–water partition coefficient (Wildman–Crippen LogP) is 0.558. The predicted molar refractivity (Wildman–Crippen MR) is 63.5 cm³/mol. The van der Waals surface area contributed by atoms with Crippen LogP contribution >= 0.6 is 22.6 Å². The molecule has 14 heavy (non-hydrogen) atoms. The van der Waals surface area contributed by atoms with Crippen LogP contribution in [0.15, 0.2) is 0 Å². The highest BCUT2D eigenvalue weighted by Gasteiger charge is 2.26. The lowest BCUT2D eigenvalue weighted by atomic mass is 10.3. The largest absolute Gasteiger partial charge is 0.366 e. The van der Waals surface area contributed by atoms with Gasteiger partial charge in [0.15, 0.2) is 0 Å². The number of hydrogen-bond donors (Lipinski definition) is 0. The quantitative estimate of drug-likeness (QED) is 0.562. The minimum absolute atomic E-state index is 0.203. The van der Waals surface area contributed by atoms with Crippen molar-refractivity contribution >= 4 is 28.5 Å². The number of halogens is 1. The lowest BCUT2D eigenvalue weighted by Gasteiger charge is -2.18. The highest BCUT2D eigenvalue weighted by Crippen LogP contribution is 2.13. The van der Waals surface area contributed by atoms with E-state index < -0.39 is 0 Å². The summed E-state index contributed by atoms with van der Waals surface area (Å²) in [7, 11) is 3.82. The molecule has 0 aromatic carbocycles. The summed E-state index contributed by atoms with van der Waals surface area (Å²) < 4.78 is 6.17. The smallest absolute Gasteiger partial charge is 0.236 e. The van der Waals surface area contributed by atoms with Crippen LogP contribution in [0.4, 0.5) is 0 Å². The van der Waals surface area contributed by atoms with E-state index in [1.54, 1.807) is 0 Å². The first-order chi connectivity index (χ1) is 6.63. The van der Waals surface area contributed by atoms with Crippen molar-refractivity contribution in [2.75, 3.05) is 38.3 Å². The lowest BCUT2D eigenvalue weighted by Crippen LogP contribution is -2.36. The van der Waals surface area contributed by atoms with Gasteiger partial charge in [-0.05, 0) is 20.5 Å². The molecule has 1 aliphatic heterocycles. The first kappa shape index (κ1) is 12.2. The number of likely N-dealkylation sites (N-methyl/N-ethyl adjacent to an activating group) is 1. The van der Waals surface area contributed by atoms with Crippen LogP contribution in [0.5, 0.6) is 0 Å². The zero-order valence-electron chi connectivity index (χ0n) is 8.70. The molecular formula is C9H17IN2O2. The number of carbonyl (C=O) groups is 1. The number of rotatable bonds is 4. The van der Waals surface area contributed by atoms with E-state index in [0.29, 0.717) is 11.2 Å². The van der Waals surface area contributed by atoms with Crippen LogP contribution in [-0.4, -0.2) is 60.2 Å². The maximum atomic E-state index is 11.6. The van der Waals surface area contributed by atoms with Gasteiger partial charge in [0.25, 0.3) is 0 Å². The molecule has 0 spiro atoms. The van der Waals surface area contributed by atoms with Crippen molar-refractivity contribution in [2.45, 2.75) is 12.5 Å². The highest BCUT2D eigenvalue weighted by atomic mass is 127. The molecule has 0 aromatic heterocycles. The van der Waals surface area contributed by atoms with Gasteiger partial charge in [-0.2, -0.15) is 0 Å². The molecule has 5 heteroatoms. The number of likely N-dealkylation sites (tertiary alicyclic amines) is 1. The van der Waals surface area contributed by atoms with Gasteiger partial charge in [0.05, 0.1) is 17.3 Å². The molecule has 1 atom stereocenters. The molecule has 1 heterocycles. The molecule has 82 valence electrons. The number of ether oxygens (including phenoxy) is 1. The Balaban J connectivity index is 2.30. The van der Waals surface area contributed by atoms with Gasteiger partial charge in [-0.3, -0.25) is 4.79 Å². The summed E-state index contributed by atoms with van der Waals surface area (Å²) in [6.07, 6.45) is 1.22. The van der Waals surface area contributed by atoms with Crippen LogP contribution < -0.4 is 0 Å². The number of carbonyl (C=O) groups excluding carboxylic acids is 1. The van der Waals surface area contributed by atoms with E-state index in [4.69, 9.17) is 4.74 Å². The lowest BCUT2D eigenvalue weighted by molar-refractivity contribution is -0.131. The molecule has 0 aromatic rings. The van der Waals surface area contributed by atoms with E-state index in [9.17, 15) is 4.79 Å². The molecule has 0 radical (unpaired) electrons. The van der Waals surface area contributed by atoms with E-state index in [1.807, 2.05) is 23.9 Å². The topological polar surface area (TPSA) is 32.8 Å². The average molecular weight is 312 g/mol. The zero-order valence-corrected chi connectivity index (χ0v) is 10.9. The van der Waals surface area contributed by atoms with Crippen LogP contribution in [0, 0.1) is 0 Å². The summed E-state index contributed by atoms with van der Waals surface area (Å²) in [5.74, 6) is 0.203. The molecular weight excluding hydrogens is 295 g/mol. The molecule has 1 aliphatic rings.